The molecule has 1 N–H and O–H groups in total. The number of esters is 1. The number of hydrogen-bond donors (Lipinski definition) is 1. The van der Waals surface area contributed by atoms with Gasteiger partial charge in [0.1, 0.15) is 0 Å². The van der Waals surface area contributed by atoms with E-state index in [1.165, 1.54) is 0 Å². The maximum absolute atomic E-state index is 11.7. The average Bonchev–Trinajstić information content (AvgIpc) is 2.86. The van der Waals surface area contributed by atoms with Crippen LogP contribution in [0.25, 0.3) is 0 Å². The second-order valence-electron chi connectivity index (χ2n) is 4.77. The smallest absolute Gasteiger partial charge is 0.314 e. The van der Waals surface area contributed by atoms with Gasteiger partial charge in [0.25, 0.3) is 0 Å². The Morgan fingerprint density at radius 3 is 2.29 bits per heavy atom. The van der Waals surface area contributed by atoms with Crippen LogP contribution in [0.1, 0.15) is 40.5 Å². The normalized spacial score (nSPS) is 21.5. The van der Waals surface area contributed by atoms with Crippen molar-refractivity contribution in [2.45, 2.75) is 46.1 Å². The van der Waals surface area contributed by atoms with Crippen molar-refractivity contribution in [3.8, 4) is 0 Å². The van der Waals surface area contributed by atoms with Crippen LogP contribution in [0.5, 0.6) is 0 Å². The molecule has 0 radical (unpaired) electrons. The van der Waals surface area contributed by atoms with Gasteiger partial charge in [-0.25, -0.2) is 0 Å². The van der Waals surface area contributed by atoms with Crippen molar-refractivity contribution in [3.63, 3.8) is 0 Å². The van der Waals surface area contributed by atoms with E-state index in [1.807, 2.05) is 0 Å². The molecular formula is C11H20O3. The van der Waals surface area contributed by atoms with Gasteiger partial charge in [0.15, 0.2) is 0 Å². The lowest BCUT2D eigenvalue weighted by Crippen LogP contribution is -2.49. The first kappa shape index (κ1) is 11.5. The molecule has 1 rings (SSSR count). The summed E-state index contributed by atoms with van der Waals surface area (Å²) in [6.45, 7) is 7.39. The minimum absolute atomic E-state index is 0.252. The van der Waals surface area contributed by atoms with Crippen LogP contribution in [0.2, 0.25) is 0 Å². The third kappa shape index (κ3) is 1.78. The third-order valence-electron chi connectivity index (χ3n) is 3.42. The van der Waals surface area contributed by atoms with Crippen molar-refractivity contribution in [2.75, 3.05) is 6.61 Å². The van der Waals surface area contributed by atoms with E-state index in [4.69, 9.17) is 4.74 Å². The molecule has 1 saturated carbocycles. The molecule has 0 aliphatic heterocycles. The van der Waals surface area contributed by atoms with Crippen LogP contribution in [0.4, 0.5) is 0 Å². The number of aliphatic hydroxyl groups is 1. The topological polar surface area (TPSA) is 46.5 Å². The number of ether oxygens (including phenoxy) is 1. The van der Waals surface area contributed by atoms with E-state index < -0.39 is 11.0 Å². The van der Waals surface area contributed by atoms with Crippen LogP contribution in [0, 0.1) is 11.3 Å². The quantitative estimate of drug-likeness (QED) is 0.703. The average molecular weight is 200 g/mol. The number of carbonyl (C=O) groups excluding carboxylic acids is 1. The van der Waals surface area contributed by atoms with Crippen LogP contribution in [0.3, 0.4) is 0 Å². The second-order valence-corrected chi connectivity index (χ2v) is 4.77. The van der Waals surface area contributed by atoms with Crippen molar-refractivity contribution >= 4 is 5.97 Å². The van der Waals surface area contributed by atoms with Gasteiger partial charge >= 0.3 is 5.97 Å². The summed E-state index contributed by atoms with van der Waals surface area (Å²) in [5.41, 5.74) is -1.76. The summed E-state index contributed by atoms with van der Waals surface area (Å²) in [5, 5.41) is 10.3. The highest BCUT2D eigenvalue weighted by molar-refractivity contribution is 5.77. The zero-order valence-electron chi connectivity index (χ0n) is 9.46. The molecule has 0 spiro atoms. The van der Waals surface area contributed by atoms with E-state index in [9.17, 15) is 9.90 Å². The molecule has 0 heterocycles. The molecule has 0 amide bonds. The lowest BCUT2D eigenvalue weighted by atomic mass is 9.73. The SMILES string of the molecule is CCOC(=O)C(C)(C)C(C)(O)C1CC1. The monoisotopic (exact) mass is 200 g/mol. The summed E-state index contributed by atoms with van der Waals surface area (Å²) in [6.07, 6.45) is 2.02. The number of rotatable bonds is 4. The van der Waals surface area contributed by atoms with Gasteiger partial charge < -0.3 is 9.84 Å². The van der Waals surface area contributed by atoms with Crippen LogP contribution >= 0.6 is 0 Å². The third-order valence-corrected chi connectivity index (χ3v) is 3.42. The highest BCUT2D eigenvalue weighted by Crippen LogP contribution is 2.48. The first-order chi connectivity index (χ1) is 6.34. The first-order valence-electron chi connectivity index (χ1n) is 5.23. The van der Waals surface area contributed by atoms with Crippen molar-refractivity contribution < 1.29 is 14.6 Å². The Morgan fingerprint density at radius 1 is 1.43 bits per heavy atom. The summed E-state index contributed by atoms with van der Waals surface area (Å²) in [7, 11) is 0. The Hall–Kier alpha value is -0.570. The van der Waals surface area contributed by atoms with Crippen LogP contribution in [-0.2, 0) is 9.53 Å². The molecule has 0 aromatic heterocycles. The zero-order chi connectivity index (χ0) is 11.0. The van der Waals surface area contributed by atoms with E-state index in [0.29, 0.717) is 6.61 Å². The minimum atomic E-state index is -0.945. The van der Waals surface area contributed by atoms with Crippen molar-refractivity contribution in [1.82, 2.24) is 0 Å². The molecule has 0 aromatic carbocycles. The first-order valence-corrected chi connectivity index (χ1v) is 5.23. The fourth-order valence-corrected chi connectivity index (χ4v) is 1.67. The van der Waals surface area contributed by atoms with Gasteiger partial charge in [-0.3, -0.25) is 4.79 Å². The van der Waals surface area contributed by atoms with E-state index in [2.05, 4.69) is 0 Å². The summed E-state index contributed by atoms with van der Waals surface area (Å²) < 4.78 is 4.97. The van der Waals surface area contributed by atoms with E-state index in [1.54, 1.807) is 27.7 Å². The molecule has 82 valence electrons. The van der Waals surface area contributed by atoms with E-state index in [0.717, 1.165) is 12.8 Å². The Morgan fingerprint density at radius 2 is 1.93 bits per heavy atom. The van der Waals surface area contributed by atoms with Crippen molar-refractivity contribution in [2.24, 2.45) is 11.3 Å². The van der Waals surface area contributed by atoms with Crippen LogP contribution in [-0.4, -0.2) is 23.3 Å². The van der Waals surface area contributed by atoms with Gasteiger partial charge in [-0.2, -0.15) is 0 Å². The van der Waals surface area contributed by atoms with Crippen molar-refractivity contribution in [1.29, 1.82) is 0 Å². The Labute approximate surface area is 85.5 Å². The highest BCUT2D eigenvalue weighted by Gasteiger charge is 2.54. The van der Waals surface area contributed by atoms with Crippen LogP contribution in [0.15, 0.2) is 0 Å². The predicted octanol–water partition coefficient (Wildman–Crippen LogP) is 1.74. The van der Waals surface area contributed by atoms with E-state index >= 15 is 0 Å². The van der Waals surface area contributed by atoms with Gasteiger partial charge in [0.2, 0.25) is 0 Å². The Bertz CT molecular complexity index is 227. The van der Waals surface area contributed by atoms with Crippen molar-refractivity contribution in [3.05, 3.63) is 0 Å². The molecule has 1 unspecified atom stereocenters. The summed E-state index contributed by atoms with van der Waals surface area (Å²) in [4.78, 5) is 11.7. The summed E-state index contributed by atoms with van der Waals surface area (Å²) >= 11 is 0. The van der Waals surface area contributed by atoms with Gasteiger partial charge in [0, 0.05) is 0 Å². The van der Waals surface area contributed by atoms with Gasteiger partial charge in [0.05, 0.1) is 17.6 Å². The molecule has 1 atom stereocenters. The fraction of sp³-hybridized carbons (Fsp3) is 0.909. The summed E-state index contributed by atoms with van der Waals surface area (Å²) in [5.74, 6) is -0.0567. The zero-order valence-corrected chi connectivity index (χ0v) is 9.46. The van der Waals surface area contributed by atoms with Gasteiger partial charge in [-0.05, 0) is 46.5 Å². The maximum atomic E-state index is 11.7. The van der Waals surface area contributed by atoms with Gasteiger partial charge in [-0.1, -0.05) is 0 Å². The number of carbonyl (C=O) groups is 1. The Kier molecular flexibility index (Phi) is 2.91. The van der Waals surface area contributed by atoms with Crippen LogP contribution < -0.4 is 0 Å². The molecular weight excluding hydrogens is 180 g/mol. The standard InChI is InChI=1S/C11H20O3/c1-5-14-9(12)10(2,3)11(4,13)8-6-7-8/h8,13H,5-7H2,1-4H3. The molecule has 0 bridgehead atoms. The van der Waals surface area contributed by atoms with E-state index in [-0.39, 0.29) is 11.9 Å². The minimum Gasteiger partial charge on any atom is -0.465 e. The molecule has 1 aliphatic carbocycles. The summed E-state index contributed by atoms with van der Waals surface area (Å²) in [6, 6.07) is 0. The lowest BCUT2D eigenvalue weighted by molar-refractivity contribution is -0.171. The molecule has 3 nitrogen and oxygen atoms in total. The maximum Gasteiger partial charge on any atom is 0.314 e. The molecule has 0 saturated heterocycles. The Balaban J connectivity index is 2.76. The molecule has 0 aromatic rings. The lowest BCUT2D eigenvalue weighted by Gasteiger charge is -2.38. The molecule has 14 heavy (non-hydrogen) atoms. The highest BCUT2D eigenvalue weighted by atomic mass is 16.5. The largest absolute Gasteiger partial charge is 0.465 e. The number of hydrogen-bond acceptors (Lipinski definition) is 3. The van der Waals surface area contributed by atoms with Gasteiger partial charge in [-0.15, -0.1) is 0 Å². The second kappa shape index (κ2) is 3.54. The predicted molar refractivity (Wildman–Crippen MR) is 53.8 cm³/mol. The fourth-order valence-electron chi connectivity index (χ4n) is 1.67. The molecule has 3 heteroatoms. The molecule has 1 aliphatic rings. The molecule has 1 fully saturated rings.